The van der Waals surface area contributed by atoms with E-state index in [-0.39, 0.29) is 23.7 Å². The molecule has 2 aromatic carbocycles. The molecule has 10 heteroatoms. The molecule has 0 N–H and O–H groups in total. The molecule has 1 aliphatic heterocycles. The first kappa shape index (κ1) is 29.5. The quantitative estimate of drug-likeness (QED) is 0.298. The van der Waals surface area contributed by atoms with Crippen molar-refractivity contribution in [2.24, 2.45) is 0 Å². The largest absolute Gasteiger partial charge is 0.485 e. The van der Waals surface area contributed by atoms with Gasteiger partial charge in [0.2, 0.25) is 6.41 Å². The molecule has 8 nitrogen and oxygen atoms in total. The van der Waals surface area contributed by atoms with Crippen molar-refractivity contribution in [3.8, 4) is 5.75 Å². The number of ether oxygens (including phenoxy) is 1. The number of carbonyl (C=O) groups is 1. The number of fused-ring (bicyclic) bond motifs is 1. The van der Waals surface area contributed by atoms with Gasteiger partial charge in [0.1, 0.15) is 19.1 Å². The molecule has 3 aromatic rings. The van der Waals surface area contributed by atoms with Gasteiger partial charge in [-0.25, -0.2) is 13.6 Å². The zero-order valence-electron chi connectivity index (χ0n) is 23.2. The Labute approximate surface area is 232 Å². The summed E-state index contributed by atoms with van der Waals surface area (Å²) in [6, 6.07) is 12.3. The lowest BCUT2D eigenvalue weighted by Gasteiger charge is -2.31. The van der Waals surface area contributed by atoms with Crippen LogP contribution in [0.4, 0.5) is 8.78 Å². The van der Waals surface area contributed by atoms with Crippen molar-refractivity contribution in [1.29, 1.82) is 0 Å². The number of piperidine rings is 1. The Morgan fingerprint density at radius 1 is 1.05 bits per heavy atom. The van der Waals surface area contributed by atoms with E-state index in [9.17, 15) is 23.2 Å². The molecule has 1 fully saturated rings. The smallest absolute Gasteiger partial charge is 0.332 e. The third-order valence-corrected chi connectivity index (χ3v) is 7.53. The molecule has 40 heavy (non-hydrogen) atoms. The van der Waals surface area contributed by atoms with Gasteiger partial charge in [-0.15, -0.1) is 0 Å². The van der Waals surface area contributed by atoms with E-state index in [1.807, 2.05) is 24.3 Å². The molecule has 4 rings (SSSR count). The minimum atomic E-state index is -1.27. The van der Waals surface area contributed by atoms with Gasteiger partial charge in [-0.1, -0.05) is 38.1 Å². The highest BCUT2D eigenvalue weighted by molar-refractivity contribution is 5.80. The van der Waals surface area contributed by atoms with Crippen LogP contribution < -0.4 is 16.0 Å². The van der Waals surface area contributed by atoms with Gasteiger partial charge in [0, 0.05) is 25.7 Å². The lowest BCUT2D eigenvalue weighted by molar-refractivity contribution is -0.119. The van der Waals surface area contributed by atoms with Crippen molar-refractivity contribution in [2.75, 3.05) is 39.5 Å². The van der Waals surface area contributed by atoms with E-state index in [0.29, 0.717) is 31.4 Å². The van der Waals surface area contributed by atoms with Gasteiger partial charge in [0.05, 0.1) is 17.4 Å². The first-order chi connectivity index (χ1) is 19.4. The van der Waals surface area contributed by atoms with Gasteiger partial charge in [-0.05, 0) is 61.7 Å². The Bertz CT molecular complexity index is 1410. The maximum absolute atomic E-state index is 13.9. The van der Waals surface area contributed by atoms with Crippen LogP contribution in [0.5, 0.6) is 5.75 Å². The molecule has 216 valence electrons. The molecule has 0 radical (unpaired) electrons. The SMILES string of the molecule is CCCN(CC)Cc1cccc(Cn2c(=O)c3cc(OC(CF)CF)ccc3n(C3CCN(C=O)CC3)c2=O)c1. The molecule has 1 amide bonds. The molecule has 2 heterocycles. The molecule has 0 spiro atoms. The van der Waals surface area contributed by atoms with E-state index in [1.54, 1.807) is 15.5 Å². The van der Waals surface area contributed by atoms with Crippen LogP contribution in [0.3, 0.4) is 0 Å². The molecule has 1 saturated heterocycles. The lowest BCUT2D eigenvalue weighted by atomic mass is 10.0. The Morgan fingerprint density at radius 2 is 1.77 bits per heavy atom. The predicted octanol–water partition coefficient (Wildman–Crippen LogP) is 3.92. The summed E-state index contributed by atoms with van der Waals surface area (Å²) < 4.78 is 34.6. The van der Waals surface area contributed by atoms with Crippen LogP contribution in [-0.4, -0.2) is 71.0 Å². The highest BCUT2D eigenvalue weighted by atomic mass is 19.1. The molecular formula is C30H38F2N4O4. The van der Waals surface area contributed by atoms with E-state index >= 15 is 0 Å². The molecule has 0 saturated carbocycles. The van der Waals surface area contributed by atoms with Crippen LogP contribution >= 0.6 is 0 Å². The van der Waals surface area contributed by atoms with Gasteiger partial charge in [-0.2, -0.15) is 0 Å². The monoisotopic (exact) mass is 556 g/mol. The molecular weight excluding hydrogens is 518 g/mol. The van der Waals surface area contributed by atoms with Crippen molar-refractivity contribution in [1.82, 2.24) is 18.9 Å². The van der Waals surface area contributed by atoms with Crippen molar-refractivity contribution in [2.45, 2.75) is 58.3 Å². The van der Waals surface area contributed by atoms with Crippen LogP contribution in [0.1, 0.15) is 50.3 Å². The first-order valence-corrected chi connectivity index (χ1v) is 14.0. The fraction of sp³-hybridized carbons (Fsp3) is 0.500. The number of rotatable bonds is 13. The molecule has 1 aromatic heterocycles. The molecule has 0 atom stereocenters. The number of aromatic nitrogens is 2. The number of hydrogen-bond donors (Lipinski definition) is 0. The van der Waals surface area contributed by atoms with E-state index in [1.165, 1.54) is 16.7 Å². The maximum Gasteiger partial charge on any atom is 0.332 e. The molecule has 1 aliphatic rings. The zero-order chi connectivity index (χ0) is 28.6. The second-order valence-corrected chi connectivity index (χ2v) is 10.3. The van der Waals surface area contributed by atoms with Crippen molar-refractivity contribution in [3.05, 3.63) is 74.4 Å². The Hall–Kier alpha value is -3.53. The fourth-order valence-corrected chi connectivity index (χ4v) is 5.41. The summed E-state index contributed by atoms with van der Waals surface area (Å²) in [4.78, 5) is 42.9. The minimum Gasteiger partial charge on any atom is -0.485 e. The fourth-order valence-electron chi connectivity index (χ4n) is 5.41. The topological polar surface area (TPSA) is 76.8 Å². The van der Waals surface area contributed by atoms with Crippen LogP contribution in [0.15, 0.2) is 52.1 Å². The molecule has 0 aliphatic carbocycles. The molecule has 0 unspecified atom stereocenters. The van der Waals surface area contributed by atoms with Crippen LogP contribution in [0, 0.1) is 0 Å². The number of alkyl halides is 2. The highest BCUT2D eigenvalue weighted by Crippen LogP contribution is 2.26. The van der Waals surface area contributed by atoms with Gasteiger partial charge >= 0.3 is 5.69 Å². The zero-order valence-corrected chi connectivity index (χ0v) is 23.2. The van der Waals surface area contributed by atoms with Gasteiger partial charge in [0.15, 0.2) is 6.10 Å². The Kier molecular flexibility index (Phi) is 10.1. The first-order valence-electron chi connectivity index (χ1n) is 14.0. The van der Waals surface area contributed by atoms with Crippen molar-refractivity contribution in [3.63, 3.8) is 0 Å². The number of hydrogen-bond acceptors (Lipinski definition) is 5. The van der Waals surface area contributed by atoms with E-state index in [0.717, 1.165) is 43.6 Å². The second-order valence-electron chi connectivity index (χ2n) is 10.3. The summed E-state index contributed by atoms with van der Waals surface area (Å²) in [6.45, 7) is 6.03. The number of nitrogens with zero attached hydrogens (tertiary/aromatic N) is 4. The maximum atomic E-state index is 13.9. The minimum absolute atomic E-state index is 0.0806. The predicted molar refractivity (Wildman–Crippen MR) is 152 cm³/mol. The van der Waals surface area contributed by atoms with E-state index in [2.05, 4.69) is 18.7 Å². The summed E-state index contributed by atoms with van der Waals surface area (Å²) in [5.74, 6) is 0.162. The van der Waals surface area contributed by atoms with Crippen LogP contribution in [0.25, 0.3) is 10.9 Å². The summed E-state index contributed by atoms with van der Waals surface area (Å²) in [6.07, 6.45) is 1.72. The summed E-state index contributed by atoms with van der Waals surface area (Å²) >= 11 is 0. The second kappa shape index (κ2) is 13.7. The molecule has 0 bridgehead atoms. The lowest BCUT2D eigenvalue weighted by Crippen LogP contribution is -2.44. The number of amides is 1. The van der Waals surface area contributed by atoms with Crippen LogP contribution in [-0.2, 0) is 17.9 Å². The van der Waals surface area contributed by atoms with Crippen molar-refractivity contribution < 1.29 is 18.3 Å². The van der Waals surface area contributed by atoms with E-state index < -0.39 is 30.7 Å². The highest BCUT2D eigenvalue weighted by Gasteiger charge is 2.25. The van der Waals surface area contributed by atoms with Crippen molar-refractivity contribution >= 4 is 17.3 Å². The number of halogens is 2. The Morgan fingerprint density at radius 3 is 2.42 bits per heavy atom. The normalized spacial score (nSPS) is 14.4. The summed E-state index contributed by atoms with van der Waals surface area (Å²) in [5, 5.41) is 0.239. The average molecular weight is 557 g/mol. The number of carbonyl (C=O) groups excluding carboxylic acids is 1. The number of likely N-dealkylation sites (tertiary alicyclic amines) is 1. The van der Waals surface area contributed by atoms with E-state index in [4.69, 9.17) is 4.74 Å². The standard InChI is InChI=1S/C30H38F2N4O4/c1-3-12-33(4-2)19-22-6-5-7-23(15-22)20-35-29(38)27-16-25(40-26(17-31)18-32)8-9-28(27)36(30(35)39)24-10-13-34(21-37)14-11-24/h5-9,15-16,21,24,26H,3-4,10-14,17-20H2,1-2H3. The van der Waals surface area contributed by atoms with Crippen LogP contribution in [0.2, 0.25) is 0 Å². The third-order valence-electron chi connectivity index (χ3n) is 7.53. The van der Waals surface area contributed by atoms with Gasteiger partial charge < -0.3 is 9.64 Å². The third kappa shape index (κ3) is 6.60. The van der Waals surface area contributed by atoms with Gasteiger partial charge in [-0.3, -0.25) is 23.6 Å². The Balaban J connectivity index is 1.78. The number of benzene rings is 2. The average Bonchev–Trinajstić information content (AvgIpc) is 2.98. The summed E-state index contributed by atoms with van der Waals surface area (Å²) in [7, 11) is 0. The summed E-state index contributed by atoms with van der Waals surface area (Å²) in [5.41, 5.74) is 1.45. The van der Waals surface area contributed by atoms with Gasteiger partial charge in [0.25, 0.3) is 5.56 Å².